The molecule has 30 heavy (non-hydrogen) atoms. The van der Waals surface area contributed by atoms with E-state index in [4.69, 9.17) is 61.6 Å². The number of anilines is 1. The number of carbonyl (C=O) groups is 1. The average Bonchev–Trinajstić information content (AvgIpc) is 2.70. The van der Waals surface area contributed by atoms with Gasteiger partial charge in [0.25, 0.3) is 0 Å². The lowest BCUT2D eigenvalue weighted by atomic mass is 10.1. The highest BCUT2D eigenvalue weighted by atomic mass is 35.5. The van der Waals surface area contributed by atoms with Crippen LogP contribution in [0, 0.1) is 5.82 Å². The molecule has 0 bridgehead atoms. The molecule has 0 saturated carbocycles. The number of hydrogen-bond acceptors (Lipinski definition) is 6. The van der Waals surface area contributed by atoms with Gasteiger partial charge in [-0.2, -0.15) is 0 Å². The first kappa shape index (κ1) is 22.4. The normalized spacial score (nSPS) is 10.7. The van der Waals surface area contributed by atoms with E-state index in [1.54, 1.807) is 18.2 Å². The summed E-state index contributed by atoms with van der Waals surface area (Å²) < 4.78 is 24.9. The summed E-state index contributed by atoms with van der Waals surface area (Å²) in [5, 5.41) is 0.450. The summed E-state index contributed by atoms with van der Waals surface area (Å²) >= 11 is 24.1. The molecular formula is C19H12Cl4FN3O3. The summed E-state index contributed by atoms with van der Waals surface area (Å²) in [7, 11) is 1.26. The molecule has 156 valence electrons. The Balaban J connectivity index is 1.97. The highest BCUT2D eigenvalue weighted by Crippen LogP contribution is 2.35. The number of nitrogen functional groups attached to an aromatic ring is 1. The summed E-state index contributed by atoms with van der Waals surface area (Å²) in [6.07, 6.45) is 0. The van der Waals surface area contributed by atoms with Crippen molar-refractivity contribution in [1.82, 2.24) is 9.97 Å². The van der Waals surface area contributed by atoms with Crippen molar-refractivity contribution < 1.29 is 18.7 Å². The van der Waals surface area contributed by atoms with Gasteiger partial charge < -0.3 is 15.2 Å². The Hall–Kier alpha value is -2.32. The predicted octanol–water partition coefficient (Wildman–Crippen LogP) is 5.84. The van der Waals surface area contributed by atoms with Crippen LogP contribution in [0.15, 0.2) is 30.3 Å². The molecule has 0 aliphatic heterocycles. The third kappa shape index (κ3) is 4.39. The van der Waals surface area contributed by atoms with Crippen molar-refractivity contribution in [3.63, 3.8) is 0 Å². The number of halogens is 5. The molecule has 0 aliphatic carbocycles. The van der Waals surface area contributed by atoms with Gasteiger partial charge in [-0.15, -0.1) is 0 Å². The molecule has 11 heteroatoms. The third-order valence-electron chi connectivity index (χ3n) is 3.97. The van der Waals surface area contributed by atoms with Gasteiger partial charge in [0.1, 0.15) is 17.4 Å². The fourth-order valence-corrected chi connectivity index (χ4v) is 3.38. The van der Waals surface area contributed by atoms with Gasteiger partial charge in [-0.3, -0.25) is 0 Å². The first-order valence-corrected chi connectivity index (χ1v) is 9.71. The van der Waals surface area contributed by atoms with E-state index < -0.39 is 11.8 Å². The molecule has 3 aromatic rings. The minimum Gasteiger partial charge on any atom is -0.492 e. The maximum Gasteiger partial charge on any atom is 0.359 e. The zero-order valence-corrected chi connectivity index (χ0v) is 18.2. The SMILES string of the molecule is COc1c(Cl)ccc(-c2nc(N)c(Cl)c(C(=O)OCc3c(Cl)cccc3Cl)n2)c1F. The van der Waals surface area contributed by atoms with Crippen LogP contribution in [-0.2, 0) is 11.3 Å². The average molecular weight is 491 g/mol. The van der Waals surface area contributed by atoms with Crippen LogP contribution >= 0.6 is 46.4 Å². The van der Waals surface area contributed by atoms with Crippen molar-refractivity contribution in [3.05, 3.63) is 67.5 Å². The van der Waals surface area contributed by atoms with Gasteiger partial charge in [0.2, 0.25) is 0 Å². The van der Waals surface area contributed by atoms with Gasteiger partial charge in [-0.05, 0) is 24.3 Å². The smallest absolute Gasteiger partial charge is 0.359 e. The van der Waals surface area contributed by atoms with Crippen molar-refractivity contribution in [2.24, 2.45) is 0 Å². The van der Waals surface area contributed by atoms with Gasteiger partial charge in [-0.25, -0.2) is 19.2 Å². The number of hydrogen-bond donors (Lipinski definition) is 1. The van der Waals surface area contributed by atoms with Crippen molar-refractivity contribution in [1.29, 1.82) is 0 Å². The summed E-state index contributed by atoms with van der Waals surface area (Å²) in [4.78, 5) is 20.5. The number of nitrogens with zero attached hydrogens (tertiary/aromatic N) is 2. The molecule has 0 fully saturated rings. The molecule has 0 atom stereocenters. The molecule has 0 saturated heterocycles. The van der Waals surface area contributed by atoms with E-state index in [9.17, 15) is 9.18 Å². The molecule has 2 N–H and O–H groups in total. The Kier molecular flexibility index (Phi) is 6.88. The van der Waals surface area contributed by atoms with E-state index >= 15 is 0 Å². The van der Waals surface area contributed by atoms with E-state index in [0.717, 1.165) is 0 Å². The van der Waals surface area contributed by atoms with Gasteiger partial charge in [0, 0.05) is 15.6 Å². The number of nitrogens with two attached hydrogens (primary N) is 1. The van der Waals surface area contributed by atoms with E-state index in [1.807, 2.05) is 0 Å². The molecule has 0 aliphatic rings. The van der Waals surface area contributed by atoms with Crippen molar-refractivity contribution >= 4 is 58.2 Å². The lowest BCUT2D eigenvalue weighted by molar-refractivity contribution is 0.0466. The fraction of sp³-hybridized carbons (Fsp3) is 0.105. The molecule has 6 nitrogen and oxygen atoms in total. The molecule has 0 amide bonds. The Labute approximate surface area is 190 Å². The van der Waals surface area contributed by atoms with Crippen molar-refractivity contribution in [2.75, 3.05) is 12.8 Å². The minimum atomic E-state index is -0.923. The van der Waals surface area contributed by atoms with E-state index in [-0.39, 0.29) is 45.3 Å². The van der Waals surface area contributed by atoms with Crippen LogP contribution in [0.3, 0.4) is 0 Å². The topological polar surface area (TPSA) is 87.3 Å². The second kappa shape index (κ2) is 9.22. The number of rotatable bonds is 5. The monoisotopic (exact) mass is 489 g/mol. The highest BCUT2D eigenvalue weighted by Gasteiger charge is 2.23. The van der Waals surface area contributed by atoms with Crippen molar-refractivity contribution in [3.8, 4) is 17.1 Å². The molecule has 1 aromatic heterocycles. The predicted molar refractivity (Wildman–Crippen MR) is 114 cm³/mol. The molecular weight excluding hydrogens is 479 g/mol. The van der Waals surface area contributed by atoms with Gasteiger partial charge in [0.15, 0.2) is 23.1 Å². The number of esters is 1. The second-order valence-electron chi connectivity index (χ2n) is 5.81. The zero-order valence-electron chi connectivity index (χ0n) is 15.2. The van der Waals surface area contributed by atoms with E-state index in [2.05, 4.69) is 9.97 Å². The van der Waals surface area contributed by atoms with Gasteiger partial charge >= 0.3 is 5.97 Å². The number of benzene rings is 2. The minimum absolute atomic E-state index is 0.0527. The van der Waals surface area contributed by atoms with Crippen LogP contribution in [0.25, 0.3) is 11.4 Å². The summed E-state index contributed by atoms with van der Waals surface area (Å²) in [6.45, 7) is -0.240. The van der Waals surface area contributed by atoms with Crippen LogP contribution < -0.4 is 10.5 Å². The van der Waals surface area contributed by atoms with Crippen LogP contribution in [0.4, 0.5) is 10.2 Å². The van der Waals surface area contributed by atoms with Gasteiger partial charge in [-0.1, -0.05) is 52.5 Å². The Bertz CT molecular complexity index is 1120. The zero-order chi connectivity index (χ0) is 22.0. The van der Waals surface area contributed by atoms with Crippen LogP contribution in [0.1, 0.15) is 16.1 Å². The van der Waals surface area contributed by atoms with Crippen LogP contribution in [0.2, 0.25) is 20.1 Å². The molecule has 3 rings (SSSR count). The highest BCUT2D eigenvalue weighted by molar-refractivity contribution is 6.36. The molecule has 0 spiro atoms. The maximum absolute atomic E-state index is 14.7. The Morgan fingerprint density at radius 1 is 1.07 bits per heavy atom. The number of methoxy groups -OCH3 is 1. The van der Waals surface area contributed by atoms with E-state index in [0.29, 0.717) is 15.6 Å². The summed E-state index contributed by atoms with van der Waals surface area (Å²) in [5.41, 5.74) is 5.75. The van der Waals surface area contributed by atoms with Crippen molar-refractivity contribution in [2.45, 2.75) is 6.61 Å². The standard InChI is InChI=1S/C19H12Cl4FN3O3/c1-29-16-12(22)6-5-8(14(16)24)18-26-15(13(23)17(25)27-18)19(28)30-7-9-10(20)3-2-4-11(9)21/h2-6H,7H2,1H3,(H2,25,26,27). The number of ether oxygens (including phenoxy) is 2. The lowest BCUT2D eigenvalue weighted by Gasteiger charge is -2.12. The second-order valence-corrected chi connectivity index (χ2v) is 7.41. The quantitative estimate of drug-likeness (QED) is 0.451. The first-order valence-electron chi connectivity index (χ1n) is 8.20. The number of carbonyl (C=O) groups excluding carboxylic acids is 1. The molecule has 0 unspecified atom stereocenters. The molecule has 2 aromatic carbocycles. The molecule has 1 heterocycles. The third-order valence-corrected chi connectivity index (χ3v) is 5.35. The van der Waals surface area contributed by atoms with Crippen LogP contribution in [-0.4, -0.2) is 23.0 Å². The number of aromatic nitrogens is 2. The largest absolute Gasteiger partial charge is 0.492 e. The van der Waals surface area contributed by atoms with Gasteiger partial charge in [0.05, 0.1) is 17.7 Å². The lowest BCUT2D eigenvalue weighted by Crippen LogP contribution is -2.12. The van der Waals surface area contributed by atoms with Crippen LogP contribution in [0.5, 0.6) is 5.75 Å². The summed E-state index contributed by atoms with van der Waals surface area (Å²) in [5.74, 6) is -2.39. The van der Waals surface area contributed by atoms with E-state index in [1.165, 1.54) is 19.2 Å². The maximum atomic E-state index is 14.7. The Morgan fingerprint density at radius 3 is 2.37 bits per heavy atom. The molecule has 0 radical (unpaired) electrons. The first-order chi connectivity index (χ1) is 14.2. The fourth-order valence-electron chi connectivity index (χ4n) is 2.49. The Morgan fingerprint density at radius 2 is 1.73 bits per heavy atom. The summed E-state index contributed by atoms with van der Waals surface area (Å²) in [6, 6.07) is 7.56.